The summed E-state index contributed by atoms with van der Waals surface area (Å²) >= 11 is 2.02. The number of H-pyrrole nitrogens is 1. The molecule has 2 N–H and O–H groups in total. The summed E-state index contributed by atoms with van der Waals surface area (Å²) in [6.45, 7) is 1.64. The van der Waals surface area contributed by atoms with Gasteiger partial charge in [-0.3, -0.25) is 9.59 Å². The maximum atomic E-state index is 11.4. The lowest BCUT2D eigenvalue weighted by atomic mass is 10.2. The fourth-order valence-electron chi connectivity index (χ4n) is 0.982. The Balaban J connectivity index is 3.06. The third-order valence-corrected chi connectivity index (χ3v) is 2.87. The predicted molar refractivity (Wildman–Crippen MR) is 62.5 cm³/mol. The maximum absolute atomic E-state index is 11.4. The van der Waals surface area contributed by atoms with Crippen LogP contribution in [-0.2, 0) is 0 Å². The van der Waals surface area contributed by atoms with Gasteiger partial charge in [-0.15, -0.1) is 0 Å². The minimum absolute atomic E-state index is 0.0280. The molecule has 5 nitrogen and oxygen atoms in total. The van der Waals surface area contributed by atoms with E-state index in [1.807, 2.05) is 22.6 Å². The zero-order chi connectivity index (χ0) is 11.4. The van der Waals surface area contributed by atoms with Crippen LogP contribution in [0.15, 0.2) is 10.9 Å². The molecule has 1 aromatic heterocycles. The average molecular weight is 317 g/mol. The van der Waals surface area contributed by atoms with Gasteiger partial charge in [-0.1, -0.05) is 0 Å². The molecule has 1 amide bonds. The van der Waals surface area contributed by atoms with Gasteiger partial charge in [-0.05, 0) is 35.6 Å². The van der Waals surface area contributed by atoms with E-state index in [1.54, 1.807) is 13.0 Å². The highest BCUT2D eigenvalue weighted by atomic mass is 127. The number of pyridine rings is 1. The molecule has 0 aliphatic heterocycles. The lowest BCUT2D eigenvalue weighted by Gasteiger charge is -2.02. The Labute approximate surface area is 99.6 Å². The van der Waals surface area contributed by atoms with Crippen LogP contribution in [0.5, 0.6) is 0 Å². The van der Waals surface area contributed by atoms with Crippen LogP contribution in [0.2, 0.25) is 0 Å². The van der Waals surface area contributed by atoms with Crippen LogP contribution in [0.3, 0.4) is 0 Å². The summed E-state index contributed by atoms with van der Waals surface area (Å²) in [5.74, 6) is -0.532. The second-order valence-corrected chi connectivity index (χ2v) is 3.99. The molecule has 0 saturated heterocycles. The largest absolute Gasteiger partial charge is 0.339 e. The summed E-state index contributed by atoms with van der Waals surface area (Å²) in [5.41, 5.74) is 0.307. The summed E-state index contributed by atoms with van der Waals surface area (Å²) in [6, 6.07) is 3.27. The smallest absolute Gasteiger partial charge is 0.261 e. The maximum Gasteiger partial charge on any atom is 0.261 e. The number of hydrogen-bond acceptors (Lipinski definition) is 3. The summed E-state index contributed by atoms with van der Waals surface area (Å²) in [4.78, 5) is 25.4. The number of amides is 1. The van der Waals surface area contributed by atoms with Gasteiger partial charge in [0, 0.05) is 9.26 Å². The molecular weight excluding hydrogens is 309 g/mol. The van der Waals surface area contributed by atoms with Crippen LogP contribution >= 0.6 is 22.6 Å². The number of hydrogen-bond donors (Lipinski definition) is 2. The normalized spacial score (nSPS) is 9.40. The van der Waals surface area contributed by atoms with Crippen molar-refractivity contribution in [3.63, 3.8) is 0 Å². The standard InChI is InChI=1S/C9H8IN3O2/c1-5-7(10)4-6(9(15)13-5)8(14)12-3-2-11/h4H,3H2,1H3,(H,12,14)(H,13,15). The Kier molecular flexibility index (Phi) is 3.85. The first-order valence-corrected chi connectivity index (χ1v) is 5.18. The molecule has 0 aromatic carbocycles. The van der Waals surface area contributed by atoms with Gasteiger partial charge in [0.1, 0.15) is 12.1 Å². The van der Waals surface area contributed by atoms with Crippen molar-refractivity contribution in [3.05, 3.63) is 31.2 Å². The van der Waals surface area contributed by atoms with Crippen LogP contribution in [0, 0.1) is 21.8 Å². The highest BCUT2D eigenvalue weighted by Crippen LogP contribution is 2.07. The van der Waals surface area contributed by atoms with E-state index >= 15 is 0 Å². The number of aromatic nitrogens is 1. The first-order valence-electron chi connectivity index (χ1n) is 4.11. The van der Waals surface area contributed by atoms with Gasteiger partial charge in [0.25, 0.3) is 11.5 Å². The molecule has 0 bridgehead atoms. The summed E-state index contributed by atoms with van der Waals surface area (Å²) in [6.07, 6.45) is 0. The molecule has 0 fully saturated rings. The molecule has 78 valence electrons. The first-order chi connectivity index (χ1) is 7.06. The molecule has 0 unspecified atom stereocenters. The van der Waals surface area contributed by atoms with Crippen LogP contribution < -0.4 is 10.9 Å². The molecule has 1 rings (SSSR count). The Morgan fingerprint density at radius 1 is 1.73 bits per heavy atom. The van der Waals surface area contributed by atoms with Gasteiger partial charge < -0.3 is 10.3 Å². The van der Waals surface area contributed by atoms with Crippen molar-refractivity contribution in [1.82, 2.24) is 10.3 Å². The van der Waals surface area contributed by atoms with E-state index in [2.05, 4.69) is 10.3 Å². The number of nitriles is 1. The quantitative estimate of drug-likeness (QED) is 0.617. The molecule has 1 heterocycles. The van der Waals surface area contributed by atoms with Crippen LogP contribution in [0.4, 0.5) is 0 Å². The van der Waals surface area contributed by atoms with Crippen molar-refractivity contribution in [2.24, 2.45) is 0 Å². The van der Waals surface area contributed by atoms with Crippen molar-refractivity contribution in [1.29, 1.82) is 5.26 Å². The van der Waals surface area contributed by atoms with Gasteiger partial charge in [0.05, 0.1) is 6.07 Å². The summed E-state index contributed by atoms with van der Waals surface area (Å²) < 4.78 is 0.800. The molecule has 6 heteroatoms. The topological polar surface area (TPSA) is 85.8 Å². The van der Waals surface area contributed by atoms with E-state index in [1.165, 1.54) is 6.07 Å². The number of halogens is 1. The third kappa shape index (κ3) is 2.79. The van der Waals surface area contributed by atoms with Crippen LogP contribution in [-0.4, -0.2) is 17.4 Å². The number of aromatic amines is 1. The summed E-state index contributed by atoms with van der Waals surface area (Å²) in [7, 11) is 0. The molecule has 15 heavy (non-hydrogen) atoms. The summed E-state index contributed by atoms with van der Waals surface area (Å²) in [5, 5.41) is 10.6. The Morgan fingerprint density at radius 2 is 2.40 bits per heavy atom. The fraction of sp³-hybridized carbons (Fsp3) is 0.222. The van der Waals surface area contributed by atoms with E-state index < -0.39 is 11.5 Å². The number of rotatable bonds is 2. The van der Waals surface area contributed by atoms with Gasteiger partial charge in [0.2, 0.25) is 0 Å². The van der Waals surface area contributed by atoms with Crippen molar-refractivity contribution >= 4 is 28.5 Å². The van der Waals surface area contributed by atoms with E-state index in [0.29, 0.717) is 0 Å². The molecule has 1 aromatic rings. The van der Waals surface area contributed by atoms with Crippen molar-refractivity contribution in [3.8, 4) is 6.07 Å². The van der Waals surface area contributed by atoms with Gasteiger partial charge >= 0.3 is 0 Å². The second-order valence-electron chi connectivity index (χ2n) is 2.83. The zero-order valence-electron chi connectivity index (χ0n) is 7.93. The van der Waals surface area contributed by atoms with Gasteiger partial charge in [-0.2, -0.15) is 5.26 Å². The molecule has 0 saturated carbocycles. The molecule has 0 aliphatic rings. The number of carbonyl (C=O) groups is 1. The lowest BCUT2D eigenvalue weighted by Crippen LogP contribution is -2.30. The number of nitrogens with zero attached hydrogens (tertiary/aromatic N) is 1. The average Bonchev–Trinajstić information content (AvgIpc) is 2.20. The lowest BCUT2D eigenvalue weighted by molar-refractivity contribution is 0.0957. The second kappa shape index (κ2) is 4.93. The SMILES string of the molecule is Cc1[nH]c(=O)c(C(=O)NCC#N)cc1I. The predicted octanol–water partition coefficient (Wildman–Crippen LogP) is 0.541. The van der Waals surface area contributed by atoms with Crippen molar-refractivity contribution < 1.29 is 4.79 Å². The Bertz CT molecular complexity index is 487. The number of aryl methyl sites for hydroxylation is 1. The highest BCUT2D eigenvalue weighted by molar-refractivity contribution is 14.1. The molecule has 0 radical (unpaired) electrons. The zero-order valence-corrected chi connectivity index (χ0v) is 10.1. The van der Waals surface area contributed by atoms with E-state index in [4.69, 9.17) is 5.26 Å². The molecule has 0 spiro atoms. The van der Waals surface area contributed by atoms with Crippen LogP contribution in [0.25, 0.3) is 0 Å². The number of nitrogens with one attached hydrogen (secondary N) is 2. The fourth-order valence-corrected chi connectivity index (χ4v) is 1.43. The van der Waals surface area contributed by atoms with Crippen molar-refractivity contribution in [2.45, 2.75) is 6.92 Å². The monoisotopic (exact) mass is 317 g/mol. The molecule has 0 atom stereocenters. The number of carbonyl (C=O) groups excluding carboxylic acids is 1. The van der Waals surface area contributed by atoms with Crippen molar-refractivity contribution in [2.75, 3.05) is 6.54 Å². The molecule has 0 aliphatic carbocycles. The minimum Gasteiger partial charge on any atom is -0.339 e. The Morgan fingerprint density at radius 3 is 3.00 bits per heavy atom. The first kappa shape index (κ1) is 11.7. The van der Waals surface area contributed by atoms with Crippen LogP contribution in [0.1, 0.15) is 16.1 Å². The van der Waals surface area contributed by atoms with E-state index in [9.17, 15) is 9.59 Å². The van der Waals surface area contributed by atoms with E-state index in [0.717, 1.165) is 9.26 Å². The highest BCUT2D eigenvalue weighted by Gasteiger charge is 2.11. The molecular formula is C9H8IN3O2. The van der Waals surface area contributed by atoms with E-state index in [-0.39, 0.29) is 12.1 Å². The van der Waals surface area contributed by atoms with Gasteiger partial charge in [0.15, 0.2) is 0 Å². The third-order valence-electron chi connectivity index (χ3n) is 1.75. The van der Waals surface area contributed by atoms with Gasteiger partial charge in [-0.25, -0.2) is 0 Å². The Hall–Kier alpha value is -1.36. The minimum atomic E-state index is -0.532.